The van der Waals surface area contributed by atoms with Crippen molar-refractivity contribution in [2.75, 3.05) is 29.6 Å². The number of rotatable bonds is 7. The van der Waals surface area contributed by atoms with Gasteiger partial charge in [-0.1, -0.05) is 11.6 Å². The topological polar surface area (TPSA) is 96.5 Å². The molecule has 0 fully saturated rings. The number of hydrogen-bond donors (Lipinski definition) is 3. The minimum atomic E-state index is -0.463. The largest absolute Gasteiger partial charge is 0.465 e. The van der Waals surface area contributed by atoms with Gasteiger partial charge in [0, 0.05) is 31.3 Å². The highest BCUT2D eigenvalue weighted by Gasteiger charge is 2.09. The van der Waals surface area contributed by atoms with Gasteiger partial charge >= 0.3 is 5.97 Å². The van der Waals surface area contributed by atoms with Crippen LogP contribution in [0.25, 0.3) is 0 Å². The summed E-state index contributed by atoms with van der Waals surface area (Å²) in [6.45, 7) is 1.76. The maximum atomic E-state index is 12.0. The second kappa shape index (κ2) is 9.59. The molecule has 0 saturated heterocycles. The first-order valence-electron chi connectivity index (χ1n) is 8.18. The van der Waals surface area contributed by atoms with Crippen LogP contribution in [-0.2, 0) is 14.3 Å². The summed E-state index contributed by atoms with van der Waals surface area (Å²) in [6.07, 6.45) is 0.201. The number of anilines is 3. The monoisotopic (exact) mass is 389 g/mol. The van der Waals surface area contributed by atoms with Gasteiger partial charge in [-0.3, -0.25) is 9.59 Å². The number of benzene rings is 2. The van der Waals surface area contributed by atoms with Crippen LogP contribution in [0.1, 0.15) is 23.7 Å². The van der Waals surface area contributed by atoms with Gasteiger partial charge in [0.2, 0.25) is 11.8 Å². The van der Waals surface area contributed by atoms with Crippen LogP contribution in [0.15, 0.2) is 42.5 Å². The second-order valence-corrected chi connectivity index (χ2v) is 6.08. The first kappa shape index (κ1) is 20.3. The average molecular weight is 390 g/mol. The number of methoxy groups -OCH3 is 1. The van der Waals surface area contributed by atoms with Gasteiger partial charge in [0.1, 0.15) is 0 Å². The van der Waals surface area contributed by atoms with E-state index < -0.39 is 5.97 Å². The van der Waals surface area contributed by atoms with E-state index in [-0.39, 0.29) is 18.2 Å². The molecular formula is C19H20ClN3O4. The molecule has 7 nitrogen and oxygen atoms in total. The second-order valence-electron chi connectivity index (χ2n) is 5.67. The standard InChI is InChI=1S/C19H20ClN3O4/c1-12(24)22-14-4-6-15(7-5-14)23-18(25)9-10-21-17-11-13(19(26)27-2)3-8-16(17)20/h3-8,11,21H,9-10H2,1-2H3,(H,22,24)(H,23,25). The Bertz CT molecular complexity index is 837. The Morgan fingerprint density at radius 2 is 1.63 bits per heavy atom. The Morgan fingerprint density at radius 1 is 1.00 bits per heavy atom. The summed E-state index contributed by atoms with van der Waals surface area (Å²) in [7, 11) is 1.30. The average Bonchev–Trinajstić information content (AvgIpc) is 2.63. The lowest BCUT2D eigenvalue weighted by molar-refractivity contribution is -0.116. The maximum absolute atomic E-state index is 12.0. The highest BCUT2D eigenvalue weighted by molar-refractivity contribution is 6.33. The van der Waals surface area contributed by atoms with Crippen molar-refractivity contribution in [1.82, 2.24) is 0 Å². The third-order valence-corrected chi connectivity index (χ3v) is 3.87. The van der Waals surface area contributed by atoms with Gasteiger partial charge < -0.3 is 20.7 Å². The van der Waals surface area contributed by atoms with Gasteiger partial charge in [-0.25, -0.2) is 4.79 Å². The fourth-order valence-corrected chi connectivity index (χ4v) is 2.46. The van der Waals surface area contributed by atoms with Crippen molar-refractivity contribution in [2.24, 2.45) is 0 Å². The van der Waals surface area contributed by atoms with Crippen LogP contribution in [0, 0.1) is 0 Å². The summed E-state index contributed by atoms with van der Waals surface area (Å²) in [4.78, 5) is 34.6. The van der Waals surface area contributed by atoms with Crippen molar-refractivity contribution in [1.29, 1.82) is 0 Å². The minimum Gasteiger partial charge on any atom is -0.465 e. The molecule has 0 aliphatic carbocycles. The summed E-state index contributed by atoms with van der Waals surface area (Å²) in [6, 6.07) is 11.5. The van der Waals surface area contributed by atoms with E-state index in [4.69, 9.17) is 11.6 Å². The smallest absolute Gasteiger partial charge is 0.337 e. The zero-order chi connectivity index (χ0) is 19.8. The van der Waals surface area contributed by atoms with Gasteiger partial charge in [0.15, 0.2) is 0 Å². The van der Waals surface area contributed by atoms with Gasteiger partial charge in [-0.05, 0) is 42.5 Å². The van der Waals surface area contributed by atoms with E-state index in [1.165, 1.54) is 14.0 Å². The molecule has 0 heterocycles. The van der Waals surface area contributed by atoms with E-state index >= 15 is 0 Å². The fraction of sp³-hybridized carbons (Fsp3) is 0.211. The van der Waals surface area contributed by atoms with E-state index in [1.807, 2.05) is 0 Å². The molecule has 8 heteroatoms. The number of amides is 2. The lowest BCUT2D eigenvalue weighted by Gasteiger charge is -2.10. The van der Waals surface area contributed by atoms with Crippen LogP contribution < -0.4 is 16.0 Å². The van der Waals surface area contributed by atoms with E-state index in [9.17, 15) is 14.4 Å². The summed E-state index contributed by atoms with van der Waals surface area (Å²) in [5, 5.41) is 8.89. The number of carbonyl (C=O) groups is 3. The number of halogens is 1. The van der Waals surface area contributed by atoms with Crippen molar-refractivity contribution < 1.29 is 19.1 Å². The van der Waals surface area contributed by atoms with Gasteiger partial charge in [-0.15, -0.1) is 0 Å². The lowest BCUT2D eigenvalue weighted by Crippen LogP contribution is -2.16. The Morgan fingerprint density at radius 3 is 2.22 bits per heavy atom. The Kier molecular flexibility index (Phi) is 7.19. The SMILES string of the molecule is COC(=O)c1ccc(Cl)c(NCCC(=O)Nc2ccc(NC(C)=O)cc2)c1. The predicted molar refractivity (Wildman–Crippen MR) is 105 cm³/mol. The molecule has 142 valence electrons. The van der Waals surface area contributed by atoms with E-state index in [0.717, 1.165) is 0 Å². The zero-order valence-corrected chi connectivity index (χ0v) is 15.7. The minimum absolute atomic E-state index is 0.159. The molecule has 0 aliphatic rings. The molecular weight excluding hydrogens is 370 g/mol. The van der Waals surface area contributed by atoms with Crippen LogP contribution in [0.2, 0.25) is 5.02 Å². The van der Waals surface area contributed by atoms with Gasteiger partial charge in [-0.2, -0.15) is 0 Å². The number of hydrogen-bond acceptors (Lipinski definition) is 5. The molecule has 2 amide bonds. The van der Waals surface area contributed by atoms with Crippen LogP contribution >= 0.6 is 11.6 Å². The molecule has 0 unspecified atom stereocenters. The number of ether oxygens (including phenoxy) is 1. The Labute approximate surface area is 162 Å². The first-order valence-corrected chi connectivity index (χ1v) is 8.56. The molecule has 0 saturated carbocycles. The molecule has 2 aromatic carbocycles. The Balaban J connectivity index is 1.85. The number of carbonyl (C=O) groups excluding carboxylic acids is 3. The molecule has 27 heavy (non-hydrogen) atoms. The van der Waals surface area contributed by atoms with Crippen molar-refractivity contribution in [3.8, 4) is 0 Å². The molecule has 0 spiro atoms. The predicted octanol–water partition coefficient (Wildman–Crippen LogP) is 3.53. The number of nitrogens with one attached hydrogen (secondary N) is 3. The molecule has 0 aromatic heterocycles. The van der Waals surface area contributed by atoms with E-state index in [0.29, 0.717) is 34.2 Å². The molecule has 2 aromatic rings. The van der Waals surface area contributed by atoms with Crippen molar-refractivity contribution in [3.63, 3.8) is 0 Å². The molecule has 0 aliphatic heterocycles. The third kappa shape index (κ3) is 6.31. The maximum Gasteiger partial charge on any atom is 0.337 e. The van der Waals surface area contributed by atoms with E-state index in [1.54, 1.807) is 42.5 Å². The molecule has 0 radical (unpaired) electrons. The number of esters is 1. The van der Waals surface area contributed by atoms with Crippen LogP contribution in [0.3, 0.4) is 0 Å². The summed E-state index contributed by atoms with van der Waals surface area (Å²) >= 11 is 6.09. The highest BCUT2D eigenvalue weighted by atomic mass is 35.5. The van der Waals surface area contributed by atoms with Crippen molar-refractivity contribution in [2.45, 2.75) is 13.3 Å². The third-order valence-electron chi connectivity index (χ3n) is 3.54. The molecule has 2 rings (SSSR count). The summed E-state index contributed by atoms with van der Waals surface area (Å²) in [5.41, 5.74) is 2.20. The highest BCUT2D eigenvalue weighted by Crippen LogP contribution is 2.23. The molecule has 0 bridgehead atoms. The van der Waals surface area contributed by atoms with E-state index in [2.05, 4.69) is 20.7 Å². The van der Waals surface area contributed by atoms with Crippen LogP contribution in [0.5, 0.6) is 0 Å². The van der Waals surface area contributed by atoms with Gasteiger partial charge in [0.05, 0.1) is 23.4 Å². The fourth-order valence-electron chi connectivity index (χ4n) is 2.28. The molecule has 3 N–H and O–H groups in total. The summed E-state index contributed by atoms with van der Waals surface area (Å²) < 4.78 is 4.67. The Hall–Kier alpha value is -3.06. The van der Waals surface area contributed by atoms with Crippen LogP contribution in [0.4, 0.5) is 17.1 Å². The van der Waals surface area contributed by atoms with Crippen LogP contribution in [-0.4, -0.2) is 31.4 Å². The quantitative estimate of drug-likeness (QED) is 0.629. The molecule has 0 atom stereocenters. The van der Waals surface area contributed by atoms with Crippen molar-refractivity contribution >= 4 is 46.4 Å². The first-order chi connectivity index (χ1) is 12.9. The normalized spacial score (nSPS) is 10.0. The van der Waals surface area contributed by atoms with Gasteiger partial charge in [0.25, 0.3) is 0 Å². The van der Waals surface area contributed by atoms with Crippen molar-refractivity contribution in [3.05, 3.63) is 53.1 Å². The summed E-state index contributed by atoms with van der Waals surface area (Å²) in [5.74, 6) is -0.807. The lowest BCUT2D eigenvalue weighted by atomic mass is 10.2. The zero-order valence-electron chi connectivity index (χ0n) is 15.0.